The van der Waals surface area contributed by atoms with Gasteiger partial charge in [-0.2, -0.15) is 0 Å². The number of hydrogen-bond donors (Lipinski definition) is 1. The lowest BCUT2D eigenvalue weighted by Crippen LogP contribution is -2.14. The molecule has 1 heterocycles. The van der Waals surface area contributed by atoms with Crippen LogP contribution < -0.4 is 19.5 Å². The normalized spacial score (nSPS) is 10.8. The Hall–Kier alpha value is -3.00. The van der Waals surface area contributed by atoms with Crippen molar-refractivity contribution in [3.63, 3.8) is 0 Å². The average molecular weight is 489 g/mol. The first kappa shape index (κ1) is 22.2. The van der Waals surface area contributed by atoms with Gasteiger partial charge in [0.2, 0.25) is 5.75 Å². The number of fused-ring (bicyclic) bond motifs is 1. The summed E-state index contributed by atoms with van der Waals surface area (Å²) in [6.07, 6.45) is 0. The number of nitrogens with zero attached hydrogens (tertiary/aromatic N) is 1. The molecule has 164 valence electrons. The number of aromatic nitrogens is 1. The van der Waals surface area contributed by atoms with Gasteiger partial charge in [0.25, 0.3) is 5.91 Å². The second-order valence-electron chi connectivity index (χ2n) is 6.67. The van der Waals surface area contributed by atoms with Gasteiger partial charge in [0, 0.05) is 16.1 Å². The quantitative estimate of drug-likeness (QED) is 0.333. The number of thiazole rings is 1. The highest BCUT2D eigenvalue weighted by atomic mass is 35.5. The van der Waals surface area contributed by atoms with Gasteiger partial charge in [0.05, 0.1) is 42.3 Å². The van der Waals surface area contributed by atoms with E-state index < -0.39 is 5.91 Å². The molecule has 9 heteroatoms. The Morgan fingerprint density at radius 2 is 1.66 bits per heavy atom. The van der Waals surface area contributed by atoms with Crippen molar-refractivity contribution in [1.29, 1.82) is 0 Å². The molecule has 0 fully saturated rings. The lowest BCUT2D eigenvalue weighted by Gasteiger charge is -2.15. The fraction of sp³-hybridized carbons (Fsp3) is 0.130. The minimum atomic E-state index is -0.407. The third-order valence-corrected chi connectivity index (χ3v) is 6.33. The number of benzene rings is 3. The molecule has 0 spiro atoms. The highest BCUT2D eigenvalue weighted by Gasteiger charge is 2.21. The van der Waals surface area contributed by atoms with Crippen LogP contribution in [0.5, 0.6) is 17.2 Å². The molecule has 0 radical (unpaired) electrons. The summed E-state index contributed by atoms with van der Waals surface area (Å²) in [4.78, 5) is 17.8. The summed E-state index contributed by atoms with van der Waals surface area (Å²) < 4.78 is 17.0. The first-order valence-electron chi connectivity index (χ1n) is 9.41. The minimum Gasteiger partial charge on any atom is -0.493 e. The smallest absolute Gasteiger partial charge is 0.255 e. The van der Waals surface area contributed by atoms with Gasteiger partial charge < -0.3 is 19.5 Å². The van der Waals surface area contributed by atoms with Crippen LogP contribution in [0.4, 0.5) is 5.69 Å². The van der Waals surface area contributed by atoms with Crippen molar-refractivity contribution < 1.29 is 19.0 Å². The van der Waals surface area contributed by atoms with Crippen LogP contribution in [0.1, 0.15) is 10.4 Å². The monoisotopic (exact) mass is 488 g/mol. The second-order valence-corrected chi connectivity index (χ2v) is 8.54. The van der Waals surface area contributed by atoms with Crippen LogP contribution in [0.2, 0.25) is 10.0 Å². The zero-order chi connectivity index (χ0) is 22.8. The maximum atomic E-state index is 13.2. The van der Waals surface area contributed by atoms with Gasteiger partial charge in [-0.15, -0.1) is 11.3 Å². The highest BCUT2D eigenvalue weighted by molar-refractivity contribution is 7.21. The van der Waals surface area contributed by atoms with E-state index in [-0.39, 0.29) is 0 Å². The fourth-order valence-electron chi connectivity index (χ4n) is 3.25. The zero-order valence-electron chi connectivity index (χ0n) is 17.4. The van der Waals surface area contributed by atoms with Gasteiger partial charge in [0.15, 0.2) is 11.5 Å². The van der Waals surface area contributed by atoms with Gasteiger partial charge >= 0.3 is 0 Å². The molecule has 0 atom stereocenters. The van der Waals surface area contributed by atoms with E-state index in [0.29, 0.717) is 49.1 Å². The van der Waals surface area contributed by atoms with Crippen molar-refractivity contribution >= 4 is 56.3 Å². The molecule has 6 nitrogen and oxygen atoms in total. The maximum Gasteiger partial charge on any atom is 0.255 e. The summed E-state index contributed by atoms with van der Waals surface area (Å²) in [7, 11) is 4.47. The van der Waals surface area contributed by atoms with Crippen molar-refractivity contribution in [2.75, 3.05) is 26.6 Å². The number of carbonyl (C=O) groups is 1. The van der Waals surface area contributed by atoms with Crippen LogP contribution >= 0.6 is 34.5 Å². The van der Waals surface area contributed by atoms with Crippen molar-refractivity contribution in [1.82, 2.24) is 4.98 Å². The zero-order valence-corrected chi connectivity index (χ0v) is 19.7. The lowest BCUT2D eigenvalue weighted by molar-refractivity contribution is 0.102. The first-order valence-corrected chi connectivity index (χ1v) is 11.0. The van der Waals surface area contributed by atoms with E-state index in [9.17, 15) is 4.79 Å². The summed E-state index contributed by atoms with van der Waals surface area (Å²) in [5, 5.41) is 4.32. The fourth-order valence-corrected chi connectivity index (χ4v) is 4.78. The van der Waals surface area contributed by atoms with Crippen molar-refractivity contribution in [3.05, 3.63) is 64.1 Å². The van der Waals surface area contributed by atoms with E-state index in [2.05, 4.69) is 10.3 Å². The Balaban J connectivity index is 1.77. The van der Waals surface area contributed by atoms with Crippen LogP contribution in [-0.2, 0) is 0 Å². The Kier molecular flexibility index (Phi) is 6.41. The molecule has 32 heavy (non-hydrogen) atoms. The Morgan fingerprint density at radius 3 is 2.28 bits per heavy atom. The molecule has 0 aliphatic heterocycles. The van der Waals surface area contributed by atoms with Gasteiger partial charge in [0.1, 0.15) is 5.01 Å². The van der Waals surface area contributed by atoms with E-state index in [1.807, 2.05) is 24.3 Å². The molecule has 0 unspecified atom stereocenters. The number of para-hydroxylation sites is 1. The van der Waals surface area contributed by atoms with E-state index >= 15 is 0 Å². The molecular formula is C23H18Cl2N2O4S. The predicted octanol–water partition coefficient (Wildman–Crippen LogP) is 6.55. The van der Waals surface area contributed by atoms with E-state index in [4.69, 9.17) is 37.4 Å². The third kappa shape index (κ3) is 4.19. The molecular weight excluding hydrogens is 471 g/mol. The number of rotatable bonds is 6. The van der Waals surface area contributed by atoms with Crippen molar-refractivity contribution in [2.24, 2.45) is 0 Å². The number of amides is 1. The number of ether oxygens (including phenoxy) is 3. The highest BCUT2D eigenvalue weighted by Crippen LogP contribution is 2.42. The third-order valence-electron chi connectivity index (χ3n) is 4.74. The number of anilines is 1. The number of methoxy groups -OCH3 is 3. The number of nitrogens with one attached hydrogen (secondary N) is 1. The van der Waals surface area contributed by atoms with Gasteiger partial charge in [-0.05, 0) is 36.4 Å². The minimum absolute atomic E-state index is 0.299. The summed E-state index contributed by atoms with van der Waals surface area (Å²) in [5.41, 5.74) is 2.20. The standard InChI is InChI=1S/C23H18Cl2N2O4S/c1-29-17-8-12(9-18(30-2)21(17)31-3)22(28)27-20-14(10-13(24)11-15(20)25)23-26-16-6-4-5-7-19(16)32-23/h4-11H,1-3H3,(H,27,28). The molecule has 0 aliphatic carbocycles. The predicted molar refractivity (Wildman–Crippen MR) is 129 cm³/mol. The molecule has 4 rings (SSSR count). The van der Waals surface area contributed by atoms with Crippen LogP contribution in [-0.4, -0.2) is 32.2 Å². The molecule has 1 amide bonds. The molecule has 0 saturated carbocycles. The number of hydrogen-bond acceptors (Lipinski definition) is 6. The number of carbonyl (C=O) groups excluding carboxylic acids is 1. The van der Waals surface area contributed by atoms with Gasteiger partial charge in [-0.3, -0.25) is 4.79 Å². The van der Waals surface area contributed by atoms with E-state index in [1.54, 1.807) is 24.3 Å². The molecule has 0 aliphatic rings. The van der Waals surface area contributed by atoms with Crippen LogP contribution in [0.15, 0.2) is 48.5 Å². The average Bonchev–Trinajstić information content (AvgIpc) is 3.23. The molecule has 0 bridgehead atoms. The van der Waals surface area contributed by atoms with Crippen molar-refractivity contribution in [3.8, 4) is 27.8 Å². The molecule has 1 N–H and O–H groups in total. The van der Waals surface area contributed by atoms with Gasteiger partial charge in [-0.1, -0.05) is 35.3 Å². The number of halogens is 2. The summed E-state index contributed by atoms with van der Waals surface area (Å²) >= 11 is 14.2. The second kappa shape index (κ2) is 9.24. The topological polar surface area (TPSA) is 69.7 Å². The summed E-state index contributed by atoms with van der Waals surface area (Å²) in [6, 6.07) is 14.2. The van der Waals surface area contributed by atoms with E-state index in [0.717, 1.165) is 10.2 Å². The largest absolute Gasteiger partial charge is 0.493 e. The lowest BCUT2D eigenvalue weighted by atomic mass is 10.1. The van der Waals surface area contributed by atoms with Crippen molar-refractivity contribution in [2.45, 2.75) is 0 Å². The molecule has 3 aromatic carbocycles. The molecule has 0 saturated heterocycles. The Bertz CT molecular complexity index is 1260. The Labute approximate surface area is 198 Å². The first-order chi connectivity index (χ1) is 15.4. The maximum absolute atomic E-state index is 13.2. The van der Waals surface area contributed by atoms with E-state index in [1.165, 1.54) is 32.7 Å². The van der Waals surface area contributed by atoms with Gasteiger partial charge in [-0.25, -0.2) is 4.98 Å². The Morgan fingerprint density at radius 1 is 0.969 bits per heavy atom. The molecule has 1 aromatic heterocycles. The summed E-state index contributed by atoms with van der Waals surface area (Å²) in [5.74, 6) is 0.721. The SMILES string of the molecule is COc1cc(C(=O)Nc2c(Cl)cc(Cl)cc2-c2nc3ccccc3s2)cc(OC)c1OC. The molecule has 4 aromatic rings. The summed E-state index contributed by atoms with van der Waals surface area (Å²) in [6.45, 7) is 0. The van der Waals surface area contributed by atoms with Crippen LogP contribution in [0.25, 0.3) is 20.8 Å². The van der Waals surface area contributed by atoms with Crippen LogP contribution in [0.3, 0.4) is 0 Å². The van der Waals surface area contributed by atoms with Crippen LogP contribution in [0, 0.1) is 0 Å².